The molecule has 1 unspecified atom stereocenters. The van der Waals surface area contributed by atoms with Crippen LogP contribution in [0.1, 0.15) is 41.2 Å². The summed E-state index contributed by atoms with van der Waals surface area (Å²) < 4.78 is 10.5. The van der Waals surface area contributed by atoms with E-state index in [-0.39, 0.29) is 30.1 Å². The molecule has 0 spiro atoms. The van der Waals surface area contributed by atoms with Crippen molar-refractivity contribution in [3.63, 3.8) is 0 Å². The molecule has 7 nitrogen and oxygen atoms in total. The molecule has 1 aliphatic rings. The maximum atomic E-state index is 12.4. The summed E-state index contributed by atoms with van der Waals surface area (Å²) >= 11 is 0. The Labute approximate surface area is 145 Å². The highest BCUT2D eigenvalue weighted by Crippen LogP contribution is 2.34. The molecule has 2 aromatic rings. The van der Waals surface area contributed by atoms with Gasteiger partial charge in [-0.25, -0.2) is 4.98 Å². The van der Waals surface area contributed by atoms with E-state index in [4.69, 9.17) is 9.47 Å². The SMILES string of the molecule is CCC(C)NC(=O)c1cccc(C(=O)Nc2ccc3c(c2)OCO3)n1. The lowest BCUT2D eigenvalue weighted by molar-refractivity contribution is 0.0934. The van der Waals surface area contributed by atoms with Crippen molar-refractivity contribution < 1.29 is 19.1 Å². The fourth-order valence-corrected chi connectivity index (χ4v) is 2.26. The summed E-state index contributed by atoms with van der Waals surface area (Å²) in [5.74, 6) is 0.511. The molecule has 25 heavy (non-hydrogen) atoms. The maximum absolute atomic E-state index is 12.4. The number of nitrogens with one attached hydrogen (secondary N) is 2. The molecule has 3 rings (SSSR count). The first kappa shape index (κ1) is 16.8. The lowest BCUT2D eigenvalue weighted by atomic mass is 10.2. The molecule has 0 saturated heterocycles. The van der Waals surface area contributed by atoms with E-state index in [9.17, 15) is 9.59 Å². The molecular weight excluding hydrogens is 322 g/mol. The molecule has 0 radical (unpaired) electrons. The fourth-order valence-electron chi connectivity index (χ4n) is 2.26. The van der Waals surface area contributed by atoms with Gasteiger partial charge < -0.3 is 20.1 Å². The van der Waals surface area contributed by atoms with E-state index < -0.39 is 5.91 Å². The van der Waals surface area contributed by atoms with E-state index in [1.807, 2.05) is 13.8 Å². The first-order valence-electron chi connectivity index (χ1n) is 8.05. The molecule has 2 heterocycles. The van der Waals surface area contributed by atoms with Gasteiger partial charge in [0, 0.05) is 17.8 Å². The zero-order chi connectivity index (χ0) is 17.8. The van der Waals surface area contributed by atoms with Crippen LogP contribution in [0.5, 0.6) is 11.5 Å². The minimum Gasteiger partial charge on any atom is -0.454 e. The summed E-state index contributed by atoms with van der Waals surface area (Å²) in [4.78, 5) is 28.7. The van der Waals surface area contributed by atoms with Crippen LogP contribution in [0, 0.1) is 0 Å². The second-order valence-electron chi connectivity index (χ2n) is 5.71. The number of anilines is 1. The third-order valence-electron chi connectivity index (χ3n) is 3.83. The van der Waals surface area contributed by atoms with Crippen LogP contribution in [0.2, 0.25) is 0 Å². The maximum Gasteiger partial charge on any atom is 0.274 e. The second-order valence-corrected chi connectivity index (χ2v) is 5.71. The van der Waals surface area contributed by atoms with Gasteiger partial charge in [0.25, 0.3) is 11.8 Å². The van der Waals surface area contributed by atoms with E-state index in [0.717, 1.165) is 6.42 Å². The average molecular weight is 341 g/mol. The standard InChI is InChI=1S/C18H19N3O4/c1-3-11(2)19-17(22)13-5-4-6-14(21-13)18(23)20-12-7-8-15-16(9-12)25-10-24-15/h4-9,11H,3,10H2,1-2H3,(H,19,22)(H,20,23). The number of carbonyl (C=O) groups excluding carboxylic acids is 2. The molecule has 7 heteroatoms. The second kappa shape index (κ2) is 7.21. The normalized spacial score (nSPS) is 13.2. The van der Waals surface area contributed by atoms with Gasteiger partial charge in [0.2, 0.25) is 6.79 Å². The molecule has 1 aromatic carbocycles. The topological polar surface area (TPSA) is 89.6 Å². The van der Waals surface area contributed by atoms with Gasteiger partial charge in [0.05, 0.1) is 0 Å². The van der Waals surface area contributed by atoms with Crippen molar-refractivity contribution in [2.75, 3.05) is 12.1 Å². The number of amides is 2. The van der Waals surface area contributed by atoms with Crippen LogP contribution in [-0.4, -0.2) is 29.6 Å². The van der Waals surface area contributed by atoms with Gasteiger partial charge in [-0.3, -0.25) is 9.59 Å². The zero-order valence-electron chi connectivity index (χ0n) is 14.0. The minimum atomic E-state index is -0.406. The van der Waals surface area contributed by atoms with Gasteiger partial charge in [-0.2, -0.15) is 0 Å². The van der Waals surface area contributed by atoms with Crippen molar-refractivity contribution in [3.8, 4) is 11.5 Å². The third kappa shape index (κ3) is 3.88. The highest BCUT2D eigenvalue weighted by atomic mass is 16.7. The van der Waals surface area contributed by atoms with Crippen molar-refractivity contribution in [3.05, 3.63) is 47.8 Å². The molecule has 2 amide bonds. The van der Waals surface area contributed by atoms with Gasteiger partial charge in [-0.15, -0.1) is 0 Å². The molecule has 2 N–H and O–H groups in total. The zero-order valence-corrected chi connectivity index (χ0v) is 14.0. The molecule has 1 atom stereocenters. The Morgan fingerprint density at radius 1 is 1.12 bits per heavy atom. The molecule has 130 valence electrons. The molecule has 0 fully saturated rings. The number of ether oxygens (including phenoxy) is 2. The smallest absolute Gasteiger partial charge is 0.274 e. The summed E-state index contributed by atoms with van der Waals surface area (Å²) in [6.07, 6.45) is 0.816. The highest BCUT2D eigenvalue weighted by molar-refractivity contribution is 6.04. The summed E-state index contributed by atoms with van der Waals surface area (Å²) in [5, 5.41) is 5.56. The average Bonchev–Trinajstić information content (AvgIpc) is 3.09. The molecular formula is C18H19N3O4. The number of aromatic nitrogens is 1. The van der Waals surface area contributed by atoms with Crippen LogP contribution in [0.3, 0.4) is 0 Å². The number of rotatable bonds is 5. The lowest BCUT2D eigenvalue weighted by Crippen LogP contribution is -2.32. The van der Waals surface area contributed by atoms with Crippen LogP contribution < -0.4 is 20.1 Å². The van der Waals surface area contributed by atoms with Crippen molar-refractivity contribution in [2.24, 2.45) is 0 Å². The monoisotopic (exact) mass is 341 g/mol. The number of carbonyl (C=O) groups is 2. The van der Waals surface area contributed by atoms with E-state index in [2.05, 4.69) is 15.6 Å². The van der Waals surface area contributed by atoms with E-state index in [0.29, 0.717) is 17.2 Å². The Hall–Kier alpha value is -3.09. The molecule has 0 aliphatic carbocycles. The van der Waals surface area contributed by atoms with Crippen molar-refractivity contribution in [1.29, 1.82) is 0 Å². The summed E-state index contributed by atoms with van der Waals surface area (Å²) in [6.45, 7) is 4.06. The predicted octanol–water partition coefficient (Wildman–Crippen LogP) is 2.59. The first-order chi connectivity index (χ1) is 12.1. The lowest BCUT2D eigenvalue weighted by Gasteiger charge is -2.11. The van der Waals surface area contributed by atoms with Gasteiger partial charge >= 0.3 is 0 Å². The van der Waals surface area contributed by atoms with E-state index >= 15 is 0 Å². The van der Waals surface area contributed by atoms with Crippen LogP contribution in [0.15, 0.2) is 36.4 Å². The van der Waals surface area contributed by atoms with E-state index in [1.54, 1.807) is 36.4 Å². The molecule has 0 saturated carbocycles. The molecule has 1 aromatic heterocycles. The Kier molecular flexibility index (Phi) is 4.83. The van der Waals surface area contributed by atoms with Crippen LogP contribution in [0.25, 0.3) is 0 Å². The van der Waals surface area contributed by atoms with Crippen molar-refractivity contribution >= 4 is 17.5 Å². The Bertz CT molecular complexity index is 807. The summed E-state index contributed by atoms with van der Waals surface area (Å²) in [7, 11) is 0. The molecule has 0 bridgehead atoms. The first-order valence-corrected chi connectivity index (χ1v) is 8.05. The van der Waals surface area contributed by atoms with E-state index in [1.165, 1.54) is 0 Å². The van der Waals surface area contributed by atoms with Crippen LogP contribution in [-0.2, 0) is 0 Å². The fraction of sp³-hybridized carbons (Fsp3) is 0.278. The van der Waals surface area contributed by atoms with Crippen molar-refractivity contribution in [2.45, 2.75) is 26.3 Å². The minimum absolute atomic E-state index is 0.0421. The van der Waals surface area contributed by atoms with Crippen molar-refractivity contribution in [1.82, 2.24) is 10.3 Å². The quantitative estimate of drug-likeness (QED) is 0.872. The van der Waals surface area contributed by atoms with Gasteiger partial charge in [0.15, 0.2) is 11.5 Å². The number of benzene rings is 1. The summed E-state index contributed by atoms with van der Waals surface area (Å²) in [5.41, 5.74) is 0.929. The third-order valence-corrected chi connectivity index (χ3v) is 3.83. The molecule has 1 aliphatic heterocycles. The number of nitrogens with zero attached hydrogens (tertiary/aromatic N) is 1. The Balaban J connectivity index is 1.72. The number of fused-ring (bicyclic) bond motifs is 1. The number of hydrogen-bond donors (Lipinski definition) is 2. The number of pyridine rings is 1. The highest BCUT2D eigenvalue weighted by Gasteiger charge is 2.16. The Morgan fingerprint density at radius 3 is 2.60 bits per heavy atom. The largest absolute Gasteiger partial charge is 0.454 e. The van der Waals surface area contributed by atoms with Gasteiger partial charge in [-0.1, -0.05) is 13.0 Å². The van der Waals surface area contributed by atoms with Crippen LogP contribution in [0.4, 0.5) is 5.69 Å². The van der Waals surface area contributed by atoms with Crippen LogP contribution >= 0.6 is 0 Å². The Morgan fingerprint density at radius 2 is 1.84 bits per heavy atom. The van der Waals surface area contributed by atoms with Gasteiger partial charge in [0.1, 0.15) is 11.4 Å². The summed E-state index contributed by atoms with van der Waals surface area (Å²) in [6, 6.07) is 9.93. The van der Waals surface area contributed by atoms with Gasteiger partial charge in [-0.05, 0) is 37.6 Å². The predicted molar refractivity (Wildman–Crippen MR) is 92.0 cm³/mol. The number of hydrogen-bond acceptors (Lipinski definition) is 5.